The minimum Gasteiger partial charge on any atom is -0.393 e. The zero-order valence-electron chi connectivity index (χ0n) is 8.97. The van der Waals surface area contributed by atoms with Gasteiger partial charge in [-0.2, -0.15) is 0 Å². The smallest absolute Gasteiger partial charge is 0.126 e. The first-order chi connectivity index (χ1) is 6.54. The Labute approximate surface area is 84.6 Å². The summed E-state index contributed by atoms with van der Waals surface area (Å²) in [5, 5.41) is 9.27. The molecule has 1 unspecified atom stereocenters. The van der Waals surface area contributed by atoms with Crippen LogP contribution in [-0.4, -0.2) is 11.2 Å². The second-order valence-corrected chi connectivity index (χ2v) is 3.78. The van der Waals surface area contributed by atoms with Crippen LogP contribution in [0, 0.1) is 12.7 Å². The Morgan fingerprint density at radius 2 is 2.00 bits per heavy atom. The maximum absolute atomic E-state index is 13.3. The topological polar surface area (TPSA) is 20.2 Å². The Hall–Kier alpha value is -0.890. The van der Waals surface area contributed by atoms with Crippen LogP contribution in [-0.2, 0) is 12.8 Å². The van der Waals surface area contributed by atoms with Crippen molar-refractivity contribution in [1.29, 1.82) is 0 Å². The predicted octanol–water partition coefficient (Wildman–Crippen LogP) is 2.62. The minimum absolute atomic E-state index is 0.139. The van der Waals surface area contributed by atoms with Gasteiger partial charge in [0.1, 0.15) is 5.82 Å². The Morgan fingerprint density at radius 1 is 1.36 bits per heavy atom. The van der Waals surface area contributed by atoms with Gasteiger partial charge in [-0.3, -0.25) is 0 Å². The first-order valence-electron chi connectivity index (χ1n) is 5.00. The number of halogens is 1. The van der Waals surface area contributed by atoms with Crippen molar-refractivity contribution < 1.29 is 9.50 Å². The maximum Gasteiger partial charge on any atom is 0.126 e. The van der Waals surface area contributed by atoms with E-state index in [1.54, 1.807) is 13.0 Å². The van der Waals surface area contributed by atoms with E-state index < -0.39 is 0 Å². The zero-order valence-corrected chi connectivity index (χ0v) is 8.97. The molecule has 1 atom stereocenters. The second-order valence-electron chi connectivity index (χ2n) is 3.78. The molecule has 0 bridgehead atoms. The molecular formula is C12H17FO. The number of hydrogen-bond donors (Lipinski definition) is 1. The van der Waals surface area contributed by atoms with Crippen molar-refractivity contribution >= 4 is 0 Å². The van der Waals surface area contributed by atoms with Crippen LogP contribution in [0.2, 0.25) is 0 Å². The summed E-state index contributed by atoms with van der Waals surface area (Å²) >= 11 is 0. The van der Waals surface area contributed by atoms with Gasteiger partial charge in [-0.05, 0) is 49.4 Å². The summed E-state index contributed by atoms with van der Waals surface area (Å²) in [6.45, 7) is 5.55. The van der Waals surface area contributed by atoms with E-state index in [4.69, 9.17) is 0 Å². The quantitative estimate of drug-likeness (QED) is 0.788. The first-order valence-corrected chi connectivity index (χ1v) is 5.00. The number of rotatable bonds is 3. The molecule has 2 heteroatoms. The molecule has 0 saturated carbocycles. The molecule has 1 aromatic rings. The summed E-state index contributed by atoms with van der Waals surface area (Å²) in [6, 6.07) is 3.41. The third-order valence-electron chi connectivity index (χ3n) is 2.40. The van der Waals surface area contributed by atoms with Crippen molar-refractivity contribution in [2.45, 2.75) is 39.7 Å². The molecule has 14 heavy (non-hydrogen) atoms. The molecule has 0 aliphatic rings. The molecule has 0 spiro atoms. The van der Waals surface area contributed by atoms with Crippen LogP contribution >= 0.6 is 0 Å². The van der Waals surface area contributed by atoms with E-state index in [0.29, 0.717) is 12.8 Å². The van der Waals surface area contributed by atoms with Crippen molar-refractivity contribution in [2.75, 3.05) is 0 Å². The first kappa shape index (κ1) is 11.2. The van der Waals surface area contributed by atoms with Crippen LogP contribution < -0.4 is 0 Å². The van der Waals surface area contributed by atoms with Gasteiger partial charge in [0.2, 0.25) is 0 Å². The van der Waals surface area contributed by atoms with E-state index in [0.717, 1.165) is 16.7 Å². The molecule has 0 aliphatic heterocycles. The number of hydrogen-bond acceptors (Lipinski definition) is 1. The van der Waals surface area contributed by atoms with Crippen molar-refractivity contribution in [1.82, 2.24) is 0 Å². The van der Waals surface area contributed by atoms with E-state index in [1.807, 2.05) is 19.9 Å². The molecule has 78 valence electrons. The lowest BCUT2D eigenvalue weighted by molar-refractivity contribution is 0.195. The molecule has 1 N–H and O–H groups in total. The Kier molecular flexibility index (Phi) is 3.64. The highest BCUT2D eigenvalue weighted by atomic mass is 19.1. The Bertz CT molecular complexity index is 318. The van der Waals surface area contributed by atoms with Crippen LogP contribution in [0.5, 0.6) is 0 Å². The van der Waals surface area contributed by atoms with Gasteiger partial charge < -0.3 is 5.11 Å². The van der Waals surface area contributed by atoms with Gasteiger partial charge in [0.15, 0.2) is 0 Å². The van der Waals surface area contributed by atoms with Gasteiger partial charge in [-0.15, -0.1) is 0 Å². The fraction of sp³-hybridized carbons (Fsp3) is 0.500. The van der Waals surface area contributed by atoms with Crippen molar-refractivity contribution in [3.8, 4) is 0 Å². The molecule has 0 radical (unpaired) electrons. The van der Waals surface area contributed by atoms with Gasteiger partial charge >= 0.3 is 0 Å². The van der Waals surface area contributed by atoms with Crippen molar-refractivity contribution in [3.05, 3.63) is 34.6 Å². The highest BCUT2D eigenvalue weighted by molar-refractivity contribution is 5.32. The Balaban J connectivity index is 3.04. The van der Waals surface area contributed by atoms with E-state index >= 15 is 0 Å². The van der Waals surface area contributed by atoms with E-state index in [9.17, 15) is 9.50 Å². The highest BCUT2D eigenvalue weighted by Gasteiger charge is 2.07. The van der Waals surface area contributed by atoms with Gasteiger partial charge in [-0.1, -0.05) is 13.0 Å². The van der Waals surface area contributed by atoms with Gasteiger partial charge in [0.25, 0.3) is 0 Å². The molecule has 0 aromatic heterocycles. The largest absolute Gasteiger partial charge is 0.393 e. The van der Waals surface area contributed by atoms with Gasteiger partial charge in [0, 0.05) is 0 Å². The van der Waals surface area contributed by atoms with Crippen LogP contribution in [0.15, 0.2) is 12.1 Å². The standard InChI is InChI=1S/C12H17FO/c1-4-10-7-11(6-9(3)14)8(2)5-12(10)13/h5,7,9,14H,4,6H2,1-3H3. The summed E-state index contributed by atoms with van der Waals surface area (Å²) in [5.41, 5.74) is 2.69. The van der Waals surface area contributed by atoms with Crippen LogP contribution in [0.25, 0.3) is 0 Å². The molecule has 0 saturated heterocycles. The number of aliphatic hydroxyl groups excluding tert-OH is 1. The van der Waals surface area contributed by atoms with E-state index in [2.05, 4.69) is 0 Å². The fourth-order valence-electron chi connectivity index (χ4n) is 1.58. The number of aliphatic hydroxyl groups is 1. The maximum atomic E-state index is 13.3. The molecule has 0 heterocycles. The third-order valence-corrected chi connectivity index (χ3v) is 2.40. The van der Waals surface area contributed by atoms with Gasteiger partial charge in [-0.25, -0.2) is 4.39 Å². The van der Waals surface area contributed by atoms with E-state index in [-0.39, 0.29) is 11.9 Å². The van der Waals surface area contributed by atoms with Crippen LogP contribution in [0.1, 0.15) is 30.5 Å². The Morgan fingerprint density at radius 3 is 2.50 bits per heavy atom. The summed E-state index contributed by atoms with van der Waals surface area (Å²) < 4.78 is 13.3. The molecule has 1 aromatic carbocycles. The normalized spacial score (nSPS) is 12.9. The monoisotopic (exact) mass is 196 g/mol. The summed E-state index contributed by atoms with van der Waals surface area (Å²) in [5.74, 6) is -0.139. The summed E-state index contributed by atoms with van der Waals surface area (Å²) in [4.78, 5) is 0. The highest BCUT2D eigenvalue weighted by Crippen LogP contribution is 2.17. The lowest BCUT2D eigenvalue weighted by atomic mass is 9.99. The lowest BCUT2D eigenvalue weighted by Crippen LogP contribution is -2.07. The average molecular weight is 196 g/mol. The molecule has 0 amide bonds. The van der Waals surface area contributed by atoms with Crippen molar-refractivity contribution in [3.63, 3.8) is 0 Å². The molecule has 0 aliphatic carbocycles. The van der Waals surface area contributed by atoms with E-state index in [1.165, 1.54) is 0 Å². The zero-order chi connectivity index (χ0) is 10.7. The summed E-state index contributed by atoms with van der Waals surface area (Å²) in [6.07, 6.45) is 0.918. The SMILES string of the molecule is CCc1cc(CC(C)O)c(C)cc1F. The predicted molar refractivity (Wildman–Crippen MR) is 55.9 cm³/mol. The van der Waals surface area contributed by atoms with Crippen molar-refractivity contribution in [2.24, 2.45) is 0 Å². The molecule has 0 fully saturated rings. The minimum atomic E-state index is -0.371. The van der Waals surface area contributed by atoms with Crippen LogP contribution in [0.4, 0.5) is 4.39 Å². The number of benzene rings is 1. The number of aryl methyl sites for hydroxylation is 2. The molecule has 1 nitrogen and oxygen atoms in total. The average Bonchev–Trinajstić information content (AvgIpc) is 2.09. The van der Waals surface area contributed by atoms with Gasteiger partial charge in [0.05, 0.1) is 6.10 Å². The molecule has 1 rings (SSSR count). The third kappa shape index (κ3) is 2.55. The second kappa shape index (κ2) is 4.56. The fourth-order valence-corrected chi connectivity index (χ4v) is 1.58. The lowest BCUT2D eigenvalue weighted by Gasteiger charge is -2.10. The summed E-state index contributed by atoms with van der Waals surface area (Å²) in [7, 11) is 0. The molecular weight excluding hydrogens is 179 g/mol. The van der Waals surface area contributed by atoms with Crippen LogP contribution in [0.3, 0.4) is 0 Å².